The van der Waals surface area contributed by atoms with E-state index in [2.05, 4.69) is 10.3 Å². The normalized spacial score (nSPS) is 21.3. The van der Waals surface area contributed by atoms with Crippen molar-refractivity contribution in [2.24, 2.45) is 11.1 Å². The predicted molar refractivity (Wildman–Crippen MR) is 127 cm³/mol. The number of hydrogen-bond donors (Lipinski definition) is 5. The SMILES string of the molecule is Nc1nccc(Sc2cnc([C@@]3(N)c4cc(O)ccc4CC34CCNCC4)c(CO)n2)c1Cl. The van der Waals surface area contributed by atoms with Gasteiger partial charge in [0.05, 0.1) is 34.8 Å². The number of piperidine rings is 1. The van der Waals surface area contributed by atoms with Crippen molar-refractivity contribution in [3.05, 3.63) is 64.2 Å². The summed E-state index contributed by atoms with van der Waals surface area (Å²) in [6, 6.07) is 7.12. The second-order valence-corrected chi connectivity index (χ2v) is 10.1. The number of aromatic hydroxyl groups is 1. The highest BCUT2D eigenvalue weighted by atomic mass is 35.5. The first-order chi connectivity index (χ1) is 15.9. The molecule has 1 spiro atoms. The summed E-state index contributed by atoms with van der Waals surface area (Å²) in [4.78, 5) is 14.1. The van der Waals surface area contributed by atoms with E-state index in [0.29, 0.717) is 26.3 Å². The summed E-state index contributed by atoms with van der Waals surface area (Å²) in [5, 5.41) is 24.9. The second-order valence-electron chi connectivity index (χ2n) is 8.63. The molecule has 2 aliphatic rings. The van der Waals surface area contributed by atoms with Crippen LogP contribution in [0.3, 0.4) is 0 Å². The Balaban J connectivity index is 1.62. The number of fused-ring (bicyclic) bond motifs is 1. The Morgan fingerprint density at radius 1 is 1.18 bits per heavy atom. The van der Waals surface area contributed by atoms with Gasteiger partial charge in [-0.15, -0.1) is 0 Å². The number of anilines is 1. The Labute approximate surface area is 200 Å². The number of aromatic nitrogens is 3. The minimum atomic E-state index is -0.990. The highest BCUT2D eigenvalue weighted by molar-refractivity contribution is 7.99. The Kier molecular flexibility index (Phi) is 5.70. The van der Waals surface area contributed by atoms with Crippen LogP contribution in [-0.4, -0.2) is 38.3 Å². The van der Waals surface area contributed by atoms with Gasteiger partial charge in [0.2, 0.25) is 0 Å². The van der Waals surface area contributed by atoms with E-state index in [1.807, 2.05) is 6.07 Å². The van der Waals surface area contributed by atoms with Crippen LogP contribution in [0.25, 0.3) is 0 Å². The van der Waals surface area contributed by atoms with E-state index in [-0.39, 0.29) is 23.6 Å². The standard InChI is InChI=1S/C23H25ClN6O2S/c24-19-17(3-6-28-21(19)25)33-18-11-29-20(16(12-31)30-18)23(26)15-9-14(32)2-1-13(15)10-22(23)4-7-27-8-5-22/h1-3,6,9,11,27,31-32H,4-5,7-8,10,12,26H2,(H2,25,28)/t23-/m0/s1. The van der Waals surface area contributed by atoms with Crippen LogP contribution in [0.4, 0.5) is 5.82 Å². The van der Waals surface area contributed by atoms with Gasteiger partial charge in [0.25, 0.3) is 0 Å². The number of phenols is 1. The number of halogens is 1. The molecule has 1 fully saturated rings. The predicted octanol–water partition coefficient (Wildman–Crippen LogP) is 2.58. The fraction of sp³-hybridized carbons (Fsp3) is 0.348. The molecule has 33 heavy (non-hydrogen) atoms. The van der Waals surface area contributed by atoms with Crippen LogP contribution in [0.15, 0.2) is 46.6 Å². The molecule has 10 heteroatoms. The van der Waals surface area contributed by atoms with Crippen molar-refractivity contribution in [2.45, 2.75) is 41.3 Å². The lowest BCUT2D eigenvalue weighted by molar-refractivity contribution is 0.114. The van der Waals surface area contributed by atoms with Gasteiger partial charge in [-0.05, 0) is 61.7 Å². The lowest BCUT2D eigenvalue weighted by Crippen LogP contribution is -2.56. The van der Waals surface area contributed by atoms with Gasteiger partial charge in [-0.2, -0.15) is 0 Å². The quantitative estimate of drug-likeness (QED) is 0.377. The van der Waals surface area contributed by atoms with Crippen molar-refractivity contribution < 1.29 is 10.2 Å². The molecule has 1 saturated heterocycles. The number of aliphatic hydroxyl groups is 1. The van der Waals surface area contributed by atoms with Crippen LogP contribution in [0.5, 0.6) is 5.75 Å². The van der Waals surface area contributed by atoms with Crippen molar-refractivity contribution in [2.75, 3.05) is 18.8 Å². The zero-order valence-corrected chi connectivity index (χ0v) is 19.5. The molecule has 1 aromatic carbocycles. The van der Waals surface area contributed by atoms with Crippen LogP contribution >= 0.6 is 23.4 Å². The molecule has 7 N–H and O–H groups in total. The number of pyridine rings is 1. The fourth-order valence-electron chi connectivity index (χ4n) is 5.26. The number of nitrogens with one attached hydrogen (secondary N) is 1. The van der Waals surface area contributed by atoms with E-state index < -0.39 is 5.54 Å². The van der Waals surface area contributed by atoms with Crippen LogP contribution in [0, 0.1) is 5.41 Å². The van der Waals surface area contributed by atoms with E-state index in [0.717, 1.165) is 43.5 Å². The molecule has 0 bridgehead atoms. The van der Waals surface area contributed by atoms with E-state index in [1.54, 1.807) is 30.6 Å². The largest absolute Gasteiger partial charge is 0.508 e. The first-order valence-electron chi connectivity index (χ1n) is 10.7. The summed E-state index contributed by atoms with van der Waals surface area (Å²) in [5.41, 5.74) is 14.7. The number of nitrogen functional groups attached to an aromatic ring is 1. The fourth-order valence-corrected chi connectivity index (χ4v) is 6.30. The Hall–Kier alpha value is -2.43. The molecule has 1 aliphatic carbocycles. The minimum absolute atomic E-state index is 0.158. The van der Waals surface area contributed by atoms with Crippen molar-refractivity contribution in [3.8, 4) is 5.75 Å². The molecule has 0 unspecified atom stereocenters. The van der Waals surface area contributed by atoms with Crippen LogP contribution in [0.1, 0.15) is 35.4 Å². The first kappa shape index (κ1) is 22.4. The second kappa shape index (κ2) is 8.41. The minimum Gasteiger partial charge on any atom is -0.508 e. The van der Waals surface area contributed by atoms with Crippen molar-refractivity contribution in [3.63, 3.8) is 0 Å². The van der Waals surface area contributed by atoms with Gasteiger partial charge < -0.3 is 27.0 Å². The summed E-state index contributed by atoms with van der Waals surface area (Å²) in [5.74, 6) is 0.398. The van der Waals surface area contributed by atoms with Crippen LogP contribution in [0.2, 0.25) is 5.02 Å². The molecule has 3 heterocycles. The molecular formula is C23H25ClN6O2S. The number of rotatable bonds is 4. The van der Waals surface area contributed by atoms with Gasteiger partial charge in [-0.1, -0.05) is 29.4 Å². The summed E-state index contributed by atoms with van der Waals surface area (Å²) in [6.45, 7) is 1.37. The maximum atomic E-state index is 10.3. The van der Waals surface area contributed by atoms with Crippen LogP contribution in [-0.2, 0) is 18.6 Å². The van der Waals surface area contributed by atoms with Crippen molar-refractivity contribution in [1.29, 1.82) is 0 Å². The summed E-state index contributed by atoms with van der Waals surface area (Å²) in [7, 11) is 0. The average Bonchev–Trinajstić information content (AvgIpc) is 3.05. The molecule has 0 amide bonds. The number of hydrogen-bond acceptors (Lipinski definition) is 9. The zero-order valence-electron chi connectivity index (χ0n) is 17.9. The van der Waals surface area contributed by atoms with Gasteiger partial charge >= 0.3 is 0 Å². The van der Waals surface area contributed by atoms with E-state index in [9.17, 15) is 10.2 Å². The monoisotopic (exact) mass is 484 g/mol. The molecule has 3 aromatic rings. The van der Waals surface area contributed by atoms with Crippen LogP contribution < -0.4 is 16.8 Å². The molecule has 0 saturated carbocycles. The third-order valence-electron chi connectivity index (χ3n) is 6.89. The number of nitrogens with two attached hydrogens (primary N) is 2. The maximum Gasteiger partial charge on any atom is 0.143 e. The Morgan fingerprint density at radius 3 is 2.73 bits per heavy atom. The van der Waals surface area contributed by atoms with Gasteiger partial charge in [0.15, 0.2) is 0 Å². The number of phenolic OH excluding ortho intramolecular Hbond substituents is 1. The van der Waals surface area contributed by atoms with Gasteiger partial charge in [-0.25, -0.2) is 9.97 Å². The highest BCUT2D eigenvalue weighted by Crippen LogP contribution is 2.57. The van der Waals surface area contributed by atoms with Gasteiger partial charge in [-0.3, -0.25) is 4.98 Å². The first-order valence-corrected chi connectivity index (χ1v) is 11.9. The van der Waals surface area contributed by atoms with Gasteiger partial charge in [0.1, 0.15) is 16.6 Å². The Morgan fingerprint density at radius 2 is 1.97 bits per heavy atom. The number of benzene rings is 1. The Bertz CT molecular complexity index is 1220. The third kappa shape index (κ3) is 3.55. The van der Waals surface area contributed by atoms with E-state index >= 15 is 0 Å². The topological polar surface area (TPSA) is 143 Å². The zero-order chi connectivity index (χ0) is 23.2. The average molecular weight is 485 g/mol. The molecule has 172 valence electrons. The summed E-state index contributed by atoms with van der Waals surface area (Å²) < 4.78 is 0. The van der Waals surface area contributed by atoms with Crippen molar-refractivity contribution in [1.82, 2.24) is 20.3 Å². The van der Waals surface area contributed by atoms with Gasteiger partial charge in [0, 0.05) is 16.5 Å². The summed E-state index contributed by atoms with van der Waals surface area (Å²) >= 11 is 7.58. The molecule has 0 radical (unpaired) electrons. The highest BCUT2D eigenvalue weighted by Gasteiger charge is 2.58. The molecule has 1 aliphatic heterocycles. The third-order valence-corrected chi connectivity index (χ3v) is 8.36. The molecule has 1 atom stereocenters. The number of nitrogens with zero attached hydrogens (tertiary/aromatic N) is 3. The lowest BCUT2D eigenvalue weighted by atomic mass is 9.63. The van der Waals surface area contributed by atoms with Crippen molar-refractivity contribution >= 4 is 29.2 Å². The smallest absolute Gasteiger partial charge is 0.143 e. The molecular weight excluding hydrogens is 460 g/mol. The maximum absolute atomic E-state index is 10.3. The lowest BCUT2D eigenvalue weighted by Gasteiger charge is -2.46. The molecule has 5 rings (SSSR count). The molecule has 2 aromatic heterocycles. The molecule has 8 nitrogen and oxygen atoms in total. The van der Waals surface area contributed by atoms with E-state index in [1.165, 1.54) is 11.8 Å². The summed E-state index contributed by atoms with van der Waals surface area (Å²) in [6.07, 6.45) is 5.73. The number of aliphatic hydroxyl groups excluding tert-OH is 1. The van der Waals surface area contributed by atoms with E-state index in [4.69, 9.17) is 33.0 Å².